The zero-order chi connectivity index (χ0) is 13.0. The Morgan fingerprint density at radius 1 is 1.39 bits per heavy atom. The second-order valence-electron chi connectivity index (χ2n) is 5.42. The highest BCUT2D eigenvalue weighted by atomic mass is 79.9. The summed E-state index contributed by atoms with van der Waals surface area (Å²) in [6, 6.07) is 9.91. The van der Waals surface area contributed by atoms with Crippen LogP contribution in [-0.2, 0) is 6.42 Å². The van der Waals surface area contributed by atoms with E-state index >= 15 is 0 Å². The van der Waals surface area contributed by atoms with Crippen LogP contribution in [0.2, 0.25) is 0 Å². The zero-order valence-corrected chi connectivity index (χ0v) is 12.9. The third kappa shape index (κ3) is 4.08. The Kier molecular flexibility index (Phi) is 5.22. The van der Waals surface area contributed by atoms with Gasteiger partial charge in [0.25, 0.3) is 0 Å². The molecule has 1 fully saturated rings. The molecule has 1 heterocycles. The predicted molar refractivity (Wildman–Crippen MR) is 81.0 cm³/mol. The van der Waals surface area contributed by atoms with Crippen molar-refractivity contribution < 1.29 is 0 Å². The second kappa shape index (κ2) is 6.69. The number of halogens is 1. The number of hydrogen-bond donors (Lipinski definition) is 1. The highest BCUT2D eigenvalue weighted by Crippen LogP contribution is 2.14. The Labute approximate surface area is 119 Å². The molecule has 0 saturated carbocycles. The van der Waals surface area contributed by atoms with Crippen LogP contribution in [0.4, 0.5) is 0 Å². The fraction of sp³-hybridized carbons (Fsp3) is 0.600. The number of nitrogens with zero attached hydrogens (tertiary/aromatic N) is 1. The number of hydrogen-bond acceptors (Lipinski definition) is 2. The minimum absolute atomic E-state index is 0.542. The van der Waals surface area contributed by atoms with Gasteiger partial charge in [-0.1, -0.05) is 28.1 Å². The molecule has 1 aliphatic heterocycles. The van der Waals surface area contributed by atoms with Crippen LogP contribution in [0.1, 0.15) is 25.3 Å². The van der Waals surface area contributed by atoms with E-state index in [1.54, 1.807) is 0 Å². The van der Waals surface area contributed by atoms with Gasteiger partial charge in [-0.15, -0.1) is 0 Å². The molecule has 2 atom stereocenters. The van der Waals surface area contributed by atoms with Crippen LogP contribution in [-0.4, -0.2) is 37.1 Å². The van der Waals surface area contributed by atoms with Crippen LogP contribution in [0.25, 0.3) is 0 Å². The van der Waals surface area contributed by atoms with Gasteiger partial charge in [-0.2, -0.15) is 0 Å². The van der Waals surface area contributed by atoms with Gasteiger partial charge in [0.2, 0.25) is 0 Å². The fourth-order valence-electron chi connectivity index (χ4n) is 2.62. The molecule has 0 spiro atoms. The number of rotatable bonds is 5. The molecule has 2 rings (SSSR count). The molecule has 18 heavy (non-hydrogen) atoms. The van der Waals surface area contributed by atoms with E-state index in [4.69, 9.17) is 0 Å². The highest BCUT2D eigenvalue weighted by molar-refractivity contribution is 9.10. The van der Waals surface area contributed by atoms with Gasteiger partial charge in [0.1, 0.15) is 0 Å². The number of benzene rings is 1. The summed E-state index contributed by atoms with van der Waals surface area (Å²) in [5.41, 5.74) is 1.40. The molecule has 1 aliphatic rings. The highest BCUT2D eigenvalue weighted by Gasteiger charge is 2.20. The first kappa shape index (κ1) is 14.0. The number of likely N-dealkylation sites (tertiary alicyclic amines) is 1. The second-order valence-corrected chi connectivity index (χ2v) is 6.33. The van der Waals surface area contributed by atoms with Crippen LogP contribution in [0.15, 0.2) is 28.7 Å². The van der Waals surface area contributed by atoms with E-state index in [0.717, 1.165) is 23.5 Å². The molecule has 3 heteroatoms. The molecule has 2 unspecified atom stereocenters. The molecule has 1 aromatic carbocycles. The van der Waals surface area contributed by atoms with Gasteiger partial charge in [-0.3, -0.25) is 0 Å². The molecule has 0 bridgehead atoms. The Morgan fingerprint density at radius 2 is 2.11 bits per heavy atom. The van der Waals surface area contributed by atoms with Crippen molar-refractivity contribution in [3.63, 3.8) is 0 Å². The molecule has 2 nitrogen and oxygen atoms in total. The molecule has 0 aliphatic carbocycles. The molecule has 0 aromatic heterocycles. The van der Waals surface area contributed by atoms with Crippen molar-refractivity contribution in [3.8, 4) is 0 Å². The summed E-state index contributed by atoms with van der Waals surface area (Å²) < 4.78 is 1.15. The maximum absolute atomic E-state index is 3.66. The smallest absolute Gasteiger partial charge is 0.0218 e. The Hall–Kier alpha value is -0.380. The largest absolute Gasteiger partial charge is 0.312 e. The third-order valence-electron chi connectivity index (χ3n) is 3.83. The van der Waals surface area contributed by atoms with E-state index in [1.165, 1.54) is 24.9 Å². The van der Waals surface area contributed by atoms with E-state index in [9.17, 15) is 0 Å². The van der Waals surface area contributed by atoms with Crippen molar-refractivity contribution in [1.29, 1.82) is 0 Å². The minimum Gasteiger partial charge on any atom is -0.312 e. The summed E-state index contributed by atoms with van der Waals surface area (Å²) in [7, 11) is 2.23. The van der Waals surface area contributed by atoms with Crippen LogP contribution in [0, 0.1) is 0 Å². The topological polar surface area (TPSA) is 15.3 Å². The van der Waals surface area contributed by atoms with Crippen molar-refractivity contribution >= 4 is 15.9 Å². The molecule has 1 N–H and O–H groups in total. The average Bonchev–Trinajstić information content (AvgIpc) is 2.75. The molecule has 0 radical (unpaired) electrons. The quantitative estimate of drug-likeness (QED) is 0.899. The first-order valence-corrected chi connectivity index (χ1v) is 7.62. The van der Waals surface area contributed by atoms with Crippen molar-refractivity contribution in [1.82, 2.24) is 10.2 Å². The van der Waals surface area contributed by atoms with Gasteiger partial charge in [0.05, 0.1) is 0 Å². The van der Waals surface area contributed by atoms with Crippen LogP contribution in [0.3, 0.4) is 0 Å². The molecular formula is C15H23BrN2. The van der Waals surface area contributed by atoms with E-state index in [1.807, 2.05) is 0 Å². The van der Waals surface area contributed by atoms with Crippen molar-refractivity contribution in [2.24, 2.45) is 0 Å². The number of nitrogens with one attached hydrogen (secondary N) is 1. The lowest BCUT2D eigenvalue weighted by atomic mass is 10.1. The van der Waals surface area contributed by atoms with Gasteiger partial charge < -0.3 is 10.2 Å². The predicted octanol–water partition coefficient (Wildman–Crippen LogP) is 3.06. The summed E-state index contributed by atoms with van der Waals surface area (Å²) in [6.45, 7) is 4.65. The van der Waals surface area contributed by atoms with E-state index in [0.29, 0.717) is 6.04 Å². The first-order valence-electron chi connectivity index (χ1n) is 6.83. The average molecular weight is 311 g/mol. The van der Waals surface area contributed by atoms with Crippen molar-refractivity contribution in [2.75, 3.05) is 20.1 Å². The minimum atomic E-state index is 0.542. The Morgan fingerprint density at radius 3 is 2.72 bits per heavy atom. The SMILES string of the molecule is CC(Cc1ccc(Br)cc1)NCC1CCCN1C. The van der Waals surface area contributed by atoms with Crippen LogP contribution in [0.5, 0.6) is 0 Å². The van der Waals surface area contributed by atoms with Crippen LogP contribution < -0.4 is 5.32 Å². The van der Waals surface area contributed by atoms with Gasteiger partial charge >= 0.3 is 0 Å². The summed E-state index contributed by atoms with van der Waals surface area (Å²) in [5.74, 6) is 0. The normalized spacial score (nSPS) is 22.3. The van der Waals surface area contributed by atoms with E-state index in [-0.39, 0.29) is 0 Å². The van der Waals surface area contributed by atoms with Gasteiger partial charge in [0.15, 0.2) is 0 Å². The summed E-state index contributed by atoms with van der Waals surface area (Å²) in [6.07, 6.45) is 3.79. The molecule has 0 amide bonds. The first-order chi connectivity index (χ1) is 8.65. The monoisotopic (exact) mass is 310 g/mol. The van der Waals surface area contributed by atoms with Crippen LogP contribution >= 0.6 is 15.9 Å². The molecule has 100 valence electrons. The maximum Gasteiger partial charge on any atom is 0.0218 e. The lowest BCUT2D eigenvalue weighted by Gasteiger charge is -2.22. The third-order valence-corrected chi connectivity index (χ3v) is 4.36. The van der Waals surface area contributed by atoms with Crippen molar-refractivity contribution in [2.45, 2.75) is 38.3 Å². The molecule has 1 saturated heterocycles. The number of likely N-dealkylation sites (N-methyl/N-ethyl adjacent to an activating group) is 1. The molecule has 1 aromatic rings. The Balaban J connectivity index is 1.74. The summed E-state index contributed by atoms with van der Waals surface area (Å²) in [5, 5.41) is 3.66. The Bertz CT molecular complexity index is 363. The van der Waals surface area contributed by atoms with Crippen molar-refractivity contribution in [3.05, 3.63) is 34.3 Å². The van der Waals surface area contributed by atoms with Gasteiger partial charge in [-0.05, 0) is 57.5 Å². The summed E-state index contributed by atoms with van der Waals surface area (Å²) in [4.78, 5) is 2.47. The standard InChI is InChI=1S/C15H23BrN2/c1-12(10-13-5-7-14(16)8-6-13)17-11-15-4-3-9-18(15)2/h5-8,12,15,17H,3-4,9-11H2,1-2H3. The lowest BCUT2D eigenvalue weighted by molar-refractivity contribution is 0.293. The van der Waals surface area contributed by atoms with Gasteiger partial charge in [0, 0.05) is 23.1 Å². The van der Waals surface area contributed by atoms with E-state index < -0.39 is 0 Å². The lowest BCUT2D eigenvalue weighted by Crippen LogP contribution is -2.40. The summed E-state index contributed by atoms with van der Waals surface area (Å²) >= 11 is 3.47. The fourth-order valence-corrected chi connectivity index (χ4v) is 2.88. The van der Waals surface area contributed by atoms with E-state index in [2.05, 4.69) is 64.4 Å². The zero-order valence-electron chi connectivity index (χ0n) is 11.3. The maximum atomic E-state index is 3.66. The molecular weight excluding hydrogens is 288 g/mol. The van der Waals surface area contributed by atoms with Gasteiger partial charge in [-0.25, -0.2) is 0 Å².